The Hall–Kier alpha value is -3.44. The van der Waals surface area contributed by atoms with Crippen LogP contribution in [0.4, 0.5) is 11.4 Å². The molecule has 1 amide bonds. The molecule has 0 aliphatic heterocycles. The van der Waals surface area contributed by atoms with Gasteiger partial charge in [-0.3, -0.25) is 4.79 Å². The van der Waals surface area contributed by atoms with Crippen molar-refractivity contribution in [2.24, 2.45) is 0 Å². The van der Waals surface area contributed by atoms with Gasteiger partial charge in [-0.1, -0.05) is 17.7 Å². The average Bonchev–Trinajstić information content (AvgIpc) is 3.06. The molecule has 2 aromatic carbocycles. The van der Waals surface area contributed by atoms with E-state index < -0.39 is 0 Å². The fraction of sp³-hybridized carbons (Fsp3) is 0.118. The molecule has 9 heteroatoms. The van der Waals surface area contributed by atoms with Crippen LogP contribution in [0.5, 0.6) is 0 Å². The molecule has 8 nitrogen and oxygen atoms in total. The van der Waals surface area contributed by atoms with Crippen LogP contribution in [0.1, 0.15) is 11.4 Å². The van der Waals surface area contributed by atoms with Crippen LogP contribution in [0.2, 0.25) is 5.02 Å². The summed E-state index contributed by atoms with van der Waals surface area (Å²) in [5, 5.41) is 26.6. The van der Waals surface area contributed by atoms with Gasteiger partial charge in [0.1, 0.15) is 6.07 Å². The maximum Gasteiger partial charge on any atom is 0.243 e. The van der Waals surface area contributed by atoms with E-state index in [0.717, 1.165) is 11.4 Å². The van der Waals surface area contributed by atoms with Crippen LogP contribution in [0.15, 0.2) is 42.5 Å². The van der Waals surface area contributed by atoms with Gasteiger partial charge in [-0.2, -0.15) is 9.94 Å². The third-order valence-electron chi connectivity index (χ3n) is 3.55. The molecule has 0 saturated carbocycles. The summed E-state index contributed by atoms with van der Waals surface area (Å²) in [6.45, 7) is 1.82. The van der Waals surface area contributed by atoms with Crippen LogP contribution in [-0.4, -0.2) is 32.7 Å². The number of benzene rings is 2. The van der Waals surface area contributed by atoms with Gasteiger partial charge < -0.3 is 10.6 Å². The largest absolute Gasteiger partial charge is 0.376 e. The van der Waals surface area contributed by atoms with Crippen LogP contribution >= 0.6 is 11.6 Å². The number of hydrogen-bond donors (Lipinski definition) is 2. The number of amides is 1. The van der Waals surface area contributed by atoms with Gasteiger partial charge in [0.15, 0.2) is 5.82 Å². The first-order valence-electron chi connectivity index (χ1n) is 7.65. The number of nitrogens with zero attached hydrogens (tertiary/aromatic N) is 5. The highest BCUT2D eigenvalue weighted by Gasteiger charge is 2.09. The summed E-state index contributed by atoms with van der Waals surface area (Å²) >= 11 is 5.91. The molecule has 130 valence electrons. The van der Waals surface area contributed by atoms with E-state index in [2.05, 4.69) is 26.2 Å². The minimum atomic E-state index is -0.298. The summed E-state index contributed by atoms with van der Waals surface area (Å²) in [6.07, 6.45) is 0. The zero-order chi connectivity index (χ0) is 18.5. The zero-order valence-electron chi connectivity index (χ0n) is 13.8. The van der Waals surface area contributed by atoms with Crippen molar-refractivity contribution in [1.29, 1.82) is 5.26 Å². The summed E-state index contributed by atoms with van der Waals surface area (Å²) in [5.41, 5.74) is 2.24. The maximum atomic E-state index is 12.2. The number of halogens is 1. The number of rotatable bonds is 5. The van der Waals surface area contributed by atoms with Crippen LogP contribution in [0, 0.1) is 18.3 Å². The topological polar surface area (TPSA) is 109 Å². The van der Waals surface area contributed by atoms with Crippen LogP contribution in [0.25, 0.3) is 5.69 Å². The molecule has 2 N–H and O–H groups in total. The van der Waals surface area contributed by atoms with Crippen molar-refractivity contribution in [2.45, 2.75) is 6.92 Å². The highest BCUT2D eigenvalue weighted by molar-refractivity contribution is 6.31. The summed E-state index contributed by atoms with van der Waals surface area (Å²) in [6, 6.07) is 14.1. The Morgan fingerprint density at radius 3 is 2.88 bits per heavy atom. The number of anilines is 2. The molecule has 3 rings (SSSR count). The number of hydrogen-bond acceptors (Lipinski definition) is 6. The number of nitrogens with one attached hydrogen (secondary N) is 2. The van der Waals surface area contributed by atoms with E-state index in [1.165, 1.54) is 0 Å². The first-order chi connectivity index (χ1) is 12.6. The summed E-state index contributed by atoms with van der Waals surface area (Å²) in [4.78, 5) is 12.2. The minimum absolute atomic E-state index is 0.0232. The zero-order valence-corrected chi connectivity index (χ0v) is 14.5. The van der Waals surface area contributed by atoms with Crippen molar-refractivity contribution < 1.29 is 4.79 Å². The molecule has 1 heterocycles. The lowest BCUT2D eigenvalue weighted by Gasteiger charge is -2.10. The molecule has 0 bridgehead atoms. The molecular formula is C17H14ClN7O. The normalized spacial score (nSPS) is 10.2. The SMILES string of the molecule is Cc1nnnn1-c1cccc(NCC(=O)Nc2cc(Cl)ccc2C#N)c1. The van der Waals surface area contributed by atoms with Crippen molar-refractivity contribution in [3.8, 4) is 11.8 Å². The van der Waals surface area contributed by atoms with Gasteiger partial charge in [-0.25, -0.2) is 0 Å². The average molecular weight is 368 g/mol. The standard InChI is InChI=1S/C17H14ClN7O/c1-11-22-23-24-25(11)15-4-2-3-14(8-15)20-10-17(26)21-16-7-13(18)6-5-12(16)9-19/h2-8,20H,10H2,1H3,(H,21,26). The lowest BCUT2D eigenvalue weighted by atomic mass is 10.2. The Morgan fingerprint density at radius 1 is 1.31 bits per heavy atom. The monoisotopic (exact) mass is 367 g/mol. The molecule has 0 atom stereocenters. The number of aromatic nitrogens is 4. The van der Waals surface area contributed by atoms with Crippen molar-refractivity contribution >= 4 is 28.9 Å². The van der Waals surface area contributed by atoms with Gasteiger partial charge in [0.05, 0.1) is 23.5 Å². The van der Waals surface area contributed by atoms with Crippen LogP contribution in [0.3, 0.4) is 0 Å². The van der Waals surface area contributed by atoms with Crippen molar-refractivity contribution in [3.05, 3.63) is 58.9 Å². The number of carbonyl (C=O) groups is 1. The predicted octanol–water partition coefficient (Wildman–Crippen LogP) is 2.55. The lowest BCUT2D eigenvalue weighted by Crippen LogP contribution is -2.22. The van der Waals surface area contributed by atoms with Gasteiger partial charge in [0.25, 0.3) is 0 Å². The number of tetrazole rings is 1. The number of nitriles is 1. The maximum absolute atomic E-state index is 12.2. The van der Waals surface area contributed by atoms with Gasteiger partial charge in [-0.15, -0.1) is 5.10 Å². The van der Waals surface area contributed by atoms with E-state index in [1.807, 2.05) is 30.3 Å². The van der Waals surface area contributed by atoms with Gasteiger partial charge in [0, 0.05) is 10.7 Å². The van der Waals surface area contributed by atoms with E-state index in [4.69, 9.17) is 16.9 Å². The second-order valence-electron chi connectivity index (χ2n) is 5.39. The van der Waals surface area contributed by atoms with Gasteiger partial charge in [-0.05, 0) is 53.7 Å². The highest BCUT2D eigenvalue weighted by atomic mass is 35.5. The number of aryl methyl sites for hydroxylation is 1. The predicted molar refractivity (Wildman–Crippen MR) is 97.2 cm³/mol. The molecule has 0 saturated heterocycles. The molecule has 26 heavy (non-hydrogen) atoms. The van der Waals surface area contributed by atoms with Crippen LogP contribution in [-0.2, 0) is 4.79 Å². The Kier molecular flexibility index (Phi) is 5.10. The fourth-order valence-electron chi connectivity index (χ4n) is 2.31. The fourth-order valence-corrected chi connectivity index (χ4v) is 2.48. The molecule has 3 aromatic rings. The first-order valence-corrected chi connectivity index (χ1v) is 8.03. The molecule has 0 spiro atoms. The second-order valence-corrected chi connectivity index (χ2v) is 5.83. The first kappa shape index (κ1) is 17.4. The second kappa shape index (κ2) is 7.63. The summed E-state index contributed by atoms with van der Waals surface area (Å²) in [7, 11) is 0. The van der Waals surface area contributed by atoms with Crippen molar-refractivity contribution in [1.82, 2.24) is 20.2 Å². The third kappa shape index (κ3) is 3.96. The molecule has 0 aliphatic carbocycles. The van der Waals surface area contributed by atoms with E-state index >= 15 is 0 Å². The lowest BCUT2D eigenvalue weighted by molar-refractivity contribution is -0.114. The molecule has 0 aliphatic rings. The molecule has 1 aromatic heterocycles. The van der Waals surface area contributed by atoms with E-state index in [-0.39, 0.29) is 12.5 Å². The highest BCUT2D eigenvalue weighted by Crippen LogP contribution is 2.20. The minimum Gasteiger partial charge on any atom is -0.376 e. The Balaban J connectivity index is 1.66. The van der Waals surface area contributed by atoms with Gasteiger partial charge >= 0.3 is 0 Å². The molecular weight excluding hydrogens is 354 g/mol. The van der Waals surface area contributed by atoms with E-state index in [1.54, 1.807) is 29.8 Å². The summed E-state index contributed by atoms with van der Waals surface area (Å²) in [5.74, 6) is 0.359. The number of carbonyl (C=O) groups excluding carboxylic acids is 1. The smallest absolute Gasteiger partial charge is 0.243 e. The van der Waals surface area contributed by atoms with Crippen molar-refractivity contribution in [2.75, 3.05) is 17.2 Å². The quantitative estimate of drug-likeness (QED) is 0.717. The van der Waals surface area contributed by atoms with E-state index in [9.17, 15) is 4.79 Å². The Morgan fingerprint density at radius 2 is 2.15 bits per heavy atom. The van der Waals surface area contributed by atoms with Gasteiger partial charge in [0.2, 0.25) is 5.91 Å². The third-order valence-corrected chi connectivity index (χ3v) is 3.78. The molecule has 0 fully saturated rings. The molecule has 0 unspecified atom stereocenters. The summed E-state index contributed by atoms with van der Waals surface area (Å²) < 4.78 is 1.59. The molecule has 0 radical (unpaired) electrons. The van der Waals surface area contributed by atoms with E-state index in [0.29, 0.717) is 22.1 Å². The van der Waals surface area contributed by atoms with Crippen LogP contribution < -0.4 is 10.6 Å². The Bertz CT molecular complexity index is 993. The Labute approximate surface area is 154 Å². The van der Waals surface area contributed by atoms with Crippen molar-refractivity contribution in [3.63, 3.8) is 0 Å².